The topological polar surface area (TPSA) is 66.8 Å². The van der Waals surface area contributed by atoms with Crippen molar-refractivity contribution in [3.63, 3.8) is 0 Å². The molecule has 0 saturated heterocycles. The highest BCUT2D eigenvalue weighted by atomic mass is 19.1. The lowest BCUT2D eigenvalue weighted by Gasteiger charge is -2.07. The fourth-order valence-electron chi connectivity index (χ4n) is 1.09. The minimum Gasteiger partial charge on any atom is -0.494 e. The molecule has 2 N–H and O–H groups in total. The summed E-state index contributed by atoms with van der Waals surface area (Å²) in [6.07, 6.45) is 0.215. The summed E-state index contributed by atoms with van der Waals surface area (Å²) in [6, 6.07) is 2.44. The third-order valence-corrected chi connectivity index (χ3v) is 1.79. The maximum Gasteiger partial charge on any atom is 0.489 e. The molecular formula is C8H8BFO4. The number of carbonyl (C=O) groups excluding carboxylic acids is 1. The fourth-order valence-corrected chi connectivity index (χ4v) is 1.09. The molecule has 0 bridgehead atoms. The Morgan fingerprint density at radius 2 is 2.14 bits per heavy atom. The maximum atomic E-state index is 13.3. The van der Waals surface area contributed by atoms with Crippen LogP contribution in [0.25, 0.3) is 0 Å². The second-order valence-electron chi connectivity index (χ2n) is 2.58. The third kappa shape index (κ3) is 1.76. The molecule has 6 heteroatoms. The van der Waals surface area contributed by atoms with Gasteiger partial charge in [-0.3, -0.25) is 4.79 Å². The minimum atomic E-state index is -1.88. The van der Waals surface area contributed by atoms with Gasteiger partial charge >= 0.3 is 7.12 Å². The zero-order valence-electron chi connectivity index (χ0n) is 7.40. The van der Waals surface area contributed by atoms with Gasteiger partial charge in [-0.1, -0.05) is 6.07 Å². The summed E-state index contributed by atoms with van der Waals surface area (Å²) in [4.78, 5) is 10.5. The largest absolute Gasteiger partial charge is 0.494 e. The molecule has 0 aliphatic rings. The highest BCUT2D eigenvalue weighted by Gasteiger charge is 2.21. The van der Waals surface area contributed by atoms with E-state index < -0.39 is 18.5 Å². The van der Waals surface area contributed by atoms with Crippen LogP contribution in [0.3, 0.4) is 0 Å². The molecule has 0 fully saturated rings. The van der Waals surface area contributed by atoms with Crippen LogP contribution in [-0.4, -0.2) is 30.6 Å². The number of methoxy groups -OCH3 is 1. The van der Waals surface area contributed by atoms with Crippen molar-refractivity contribution in [2.24, 2.45) is 0 Å². The van der Waals surface area contributed by atoms with E-state index in [2.05, 4.69) is 4.74 Å². The summed E-state index contributed by atoms with van der Waals surface area (Å²) in [5.74, 6) is -1.01. The van der Waals surface area contributed by atoms with Gasteiger partial charge in [0.15, 0.2) is 17.9 Å². The summed E-state index contributed by atoms with van der Waals surface area (Å²) in [5.41, 5.74) is -0.586. The van der Waals surface area contributed by atoms with Crippen molar-refractivity contribution in [2.45, 2.75) is 0 Å². The number of halogens is 1. The van der Waals surface area contributed by atoms with Gasteiger partial charge in [-0.15, -0.1) is 0 Å². The minimum absolute atomic E-state index is 0.114. The molecule has 0 atom stereocenters. The zero-order valence-corrected chi connectivity index (χ0v) is 7.40. The Hall–Kier alpha value is -1.40. The molecule has 0 radical (unpaired) electrons. The molecule has 74 valence electrons. The monoisotopic (exact) mass is 198 g/mol. The second kappa shape index (κ2) is 4.21. The lowest BCUT2D eigenvalue weighted by Crippen LogP contribution is -2.33. The number of benzene rings is 1. The van der Waals surface area contributed by atoms with Crippen molar-refractivity contribution in [3.8, 4) is 5.75 Å². The van der Waals surface area contributed by atoms with Gasteiger partial charge in [0, 0.05) is 0 Å². The van der Waals surface area contributed by atoms with Crippen molar-refractivity contribution in [1.29, 1.82) is 0 Å². The molecule has 0 aromatic heterocycles. The van der Waals surface area contributed by atoms with Crippen LogP contribution in [0.2, 0.25) is 0 Å². The van der Waals surface area contributed by atoms with Gasteiger partial charge in [-0.05, 0) is 11.5 Å². The molecule has 1 rings (SSSR count). The summed E-state index contributed by atoms with van der Waals surface area (Å²) in [5, 5.41) is 17.6. The van der Waals surface area contributed by atoms with E-state index in [-0.39, 0.29) is 17.5 Å². The van der Waals surface area contributed by atoms with Gasteiger partial charge < -0.3 is 14.8 Å². The lowest BCUT2D eigenvalue weighted by atomic mass is 9.77. The zero-order chi connectivity index (χ0) is 10.7. The summed E-state index contributed by atoms with van der Waals surface area (Å²) >= 11 is 0. The molecular weight excluding hydrogens is 190 g/mol. The quantitative estimate of drug-likeness (QED) is 0.499. The van der Waals surface area contributed by atoms with Gasteiger partial charge in [-0.2, -0.15) is 0 Å². The van der Waals surface area contributed by atoms with Crippen LogP contribution in [0, 0.1) is 5.82 Å². The Morgan fingerprint density at radius 3 is 2.57 bits per heavy atom. The van der Waals surface area contributed by atoms with E-state index in [0.29, 0.717) is 0 Å². The van der Waals surface area contributed by atoms with Crippen molar-refractivity contribution in [1.82, 2.24) is 0 Å². The molecule has 0 spiro atoms. The lowest BCUT2D eigenvalue weighted by molar-refractivity contribution is 0.111. The molecule has 1 aromatic carbocycles. The molecule has 0 unspecified atom stereocenters. The molecule has 0 aliphatic carbocycles. The van der Waals surface area contributed by atoms with Crippen molar-refractivity contribution in [2.75, 3.05) is 7.11 Å². The molecule has 14 heavy (non-hydrogen) atoms. The molecule has 0 amide bonds. The number of hydrogen-bond acceptors (Lipinski definition) is 4. The molecule has 0 aliphatic heterocycles. The Morgan fingerprint density at radius 1 is 1.50 bits per heavy atom. The second-order valence-corrected chi connectivity index (χ2v) is 2.58. The first-order valence-corrected chi connectivity index (χ1v) is 3.79. The van der Waals surface area contributed by atoms with E-state index >= 15 is 0 Å². The van der Waals surface area contributed by atoms with Gasteiger partial charge in [0.25, 0.3) is 0 Å². The van der Waals surface area contributed by atoms with E-state index in [9.17, 15) is 9.18 Å². The smallest absolute Gasteiger partial charge is 0.489 e. The Balaban J connectivity index is 3.35. The molecule has 1 aromatic rings. The normalized spacial score (nSPS) is 9.71. The van der Waals surface area contributed by atoms with Crippen LogP contribution in [0.1, 0.15) is 10.4 Å². The first kappa shape index (κ1) is 10.7. The number of hydrogen-bond donors (Lipinski definition) is 2. The first-order valence-electron chi connectivity index (χ1n) is 3.79. The van der Waals surface area contributed by atoms with Crippen LogP contribution in [0.15, 0.2) is 12.1 Å². The average molecular weight is 198 g/mol. The first-order chi connectivity index (χ1) is 6.61. The van der Waals surface area contributed by atoms with Gasteiger partial charge in [-0.25, -0.2) is 4.39 Å². The Kier molecular flexibility index (Phi) is 3.21. The van der Waals surface area contributed by atoms with E-state index in [1.807, 2.05) is 0 Å². The maximum absolute atomic E-state index is 13.3. The van der Waals surface area contributed by atoms with E-state index in [4.69, 9.17) is 10.0 Å². The third-order valence-electron chi connectivity index (χ3n) is 1.79. The van der Waals surface area contributed by atoms with Gasteiger partial charge in [0.1, 0.15) is 0 Å². The number of aldehydes is 1. The summed E-state index contributed by atoms with van der Waals surface area (Å²) < 4.78 is 17.9. The van der Waals surface area contributed by atoms with Crippen molar-refractivity contribution >= 4 is 18.9 Å². The van der Waals surface area contributed by atoms with Crippen LogP contribution in [0.5, 0.6) is 5.75 Å². The van der Waals surface area contributed by atoms with Crippen LogP contribution in [0.4, 0.5) is 4.39 Å². The highest BCUT2D eigenvalue weighted by Crippen LogP contribution is 2.17. The van der Waals surface area contributed by atoms with E-state index in [1.54, 1.807) is 0 Å². The predicted molar refractivity (Wildman–Crippen MR) is 48.2 cm³/mol. The average Bonchev–Trinajstić information content (AvgIpc) is 2.17. The standard InChI is InChI=1S/C8H8BFO4/c1-14-7-3-2-6(9(12)13)5(4-11)8(7)10/h2-4,12-13H,1H3. The summed E-state index contributed by atoms with van der Waals surface area (Å²) in [7, 11) is -0.627. The van der Waals surface area contributed by atoms with Crippen molar-refractivity contribution in [3.05, 3.63) is 23.5 Å². The van der Waals surface area contributed by atoms with Gasteiger partial charge in [0.05, 0.1) is 12.7 Å². The molecule has 4 nitrogen and oxygen atoms in total. The highest BCUT2D eigenvalue weighted by molar-refractivity contribution is 6.60. The van der Waals surface area contributed by atoms with Crippen molar-refractivity contribution < 1.29 is 24.0 Å². The Bertz CT molecular complexity index is 353. The SMILES string of the molecule is COc1ccc(B(O)O)c(C=O)c1F. The number of carbonyl (C=O) groups is 1. The summed E-state index contributed by atoms with van der Waals surface area (Å²) in [6.45, 7) is 0. The molecule has 0 saturated carbocycles. The van der Waals surface area contributed by atoms with Gasteiger partial charge in [0.2, 0.25) is 0 Å². The van der Waals surface area contributed by atoms with E-state index in [1.165, 1.54) is 19.2 Å². The fraction of sp³-hybridized carbons (Fsp3) is 0.125. The number of ether oxygens (including phenoxy) is 1. The van der Waals surface area contributed by atoms with Crippen LogP contribution in [-0.2, 0) is 0 Å². The molecule has 0 heterocycles. The van der Waals surface area contributed by atoms with E-state index in [0.717, 1.165) is 0 Å². The number of rotatable bonds is 3. The van der Waals surface area contributed by atoms with Crippen LogP contribution >= 0.6 is 0 Å². The Labute approximate surface area is 80.1 Å². The predicted octanol–water partition coefficient (Wildman–Crippen LogP) is -0.673. The van der Waals surface area contributed by atoms with Crippen LogP contribution < -0.4 is 10.2 Å².